The number of hydrogen-bond donors (Lipinski definition) is 1. The Hall–Kier alpha value is -3.35. The predicted octanol–water partition coefficient (Wildman–Crippen LogP) is 4.80. The topological polar surface area (TPSA) is 66.8 Å². The van der Waals surface area contributed by atoms with Crippen LogP contribution in [0.3, 0.4) is 0 Å². The zero-order chi connectivity index (χ0) is 21.8. The van der Waals surface area contributed by atoms with E-state index < -0.39 is 0 Å². The summed E-state index contributed by atoms with van der Waals surface area (Å²) in [5, 5.41) is 9.24. The SMILES string of the molecule is Cc1ccc(C2=C(SCCO)C(=O)N(c3ccc(Oc4ccccc4)cc3)C2=O)cc1. The molecular weight excluding hydrogens is 410 g/mol. The maximum absolute atomic E-state index is 13.3. The van der Waals surface area contributed by atoms with Gasteiger partial charge in [0.2, 0.25) is 0 Å². The van der Waals surface area contributed by atoms with E-state index in [9.17, 15) is 14.7 Å². The molecule has 0 atom stereocenters. The molecule has 0 radical (unpaired) electrons. The second-order valence-corrected chi connectivity index (χ2v) is 8.10. The molecule has 0 spiro atoms. The number of anilines is 1. The molecule has 1 aliphatic rings. The van der Waals surface area contributed by atoms with Crippen LogP contribution in [0.2, 0.25) is 0 Å². The number of carbonyl (C=O) groups is 2. The molecule has 1 N–H and O–H groups in total. The van der Waals surface area contributed by atoms with E-state index in [1.165, 1.54) is 16.7 Å². The summed E-state index contributed by atoms with van der Waals surface area (Å²) in [6.45, 7) is 1.88. The van der Waals surface area contributed by atoms with Gasteiger partial charge in [0.25, 0.3) is 11.8 Å². The summed E-state index contributed by atoms with van der Waals surface area (Å²) >= 11 is 1.20. The zero-order valence-electron chi connectivity index (χ0n) is 16.9. The van der Waals surface area contributed by atoms with Crippen molar-refractivity contribution in [3.63, 3.8) is 0 Å². The molecule has 0 fully saturated rings. The number of nitrogens with zero attached hydrogens (tertiary/aromatic N) is 1. The van der Waals surface area contributed by atoms with Gasteiger partial charge in [0, 0.05) is 5.75 Å². The van der Waals surface area contributed by atoms with Crippen molar-refractivity contribution in [3.8, 4) is 11.5 Å². The molecule has 6 heteroatoms. The lowest BCUT2D eigenvalue weighted by Crippen LogP contribution is -2.31. The summed E-state index contributed by atoms with van der Waals surface area (Å²) in [5.74, 6) is 0.897. The minimum absolute atomic E-state index is 0.0810. The van der Waals surface area contributed by atoms with Crippen LogP contribution in [0.15, 0.2) is 83.8 Å². The Morgan fingerprint density at radius 3 is 2.13 bits per heavy atom. The molecule has 4 rings (SSSR count). The minimum atomic E-state index is -0.379. The van der Waals surface area contributed by atoms with Crippen LogP contribution >= 0.6 is 11.8 Å². The highest BCUT2D eigenvalue weighted by Crippen LogP contribution is 2.38. The summed E-state index contributed by atoms with van der Waals surface area (Å²) in [4.78, 5) is 28.0. The third-order valence-corrected chi connectivity index (χ3v) is 5.85. The third-order valence-electron chi connectivity index (χ3n) is 4.79. The predicted molar refractivity (Wildman–Crippen MR) is 123 cm³/mol. The van der Waals surface area contributed by atoms with Gasteiger partial charge in [-0.3, -0.25) is 9.59 Å². The fourth-order valence-corrected chi connectivity index (χ4v) is 4.15. The number of thioether (sulfide) groups is 1. The standard InChI is InChI=1S/C25H21NO4S/c1-17-7-9-18(10-8-17)22-23(31-16-15-27)25(29)26(24(22)28)19-11-13-21(14-12-19)30-20-5-3-2-4-6-20/h2-14,27H,15-16H2,1H3. The Balaban J connectivity index is 1.63. The lowest BCUT2D eigenvalue weighted by atomic mass is 10.0. The van der Waals surface area contributed by atoms with E-state index in [-0.39, 0.29) is 18.4 Å². The highest BCUT2D eigenvalue weighted by molar-refractivity contribution is 8.04. The maximum Gasteiger partial charge on any atom is 0.272 e. The van der Waals surface area contributed by atoms with Gasteiger partial charge in [0.15, 0.2) is 0 Å². The van der Waals surface area contributed by atoms with Crippen LogP contribution in [0.4, 0.5) is 5.69 Å². The highest BCUT2D eigenvalue weighted by atomic mass is 32.2. The summed E-state index contributed by atoms with van der Waals surface area (Å²) in [7, 11) is 0. The van der Waals surface area contributed by atoms with Gasteiger partial charge in [-0.05, 0) is 48.9 Å². The van der Waals surface area contributed by atoms with Crippen LogP contribution in [0.25, 0.3) is 5.57 Å². The summed E-state index contributed by atoms with van der Waals surface area (Å²) in [6, 6.07) is 23.7. The Kier molecular flexibility index (Phi) is 6.21. The van der Waals surface area contributed by atoms with E-state index in [1.807, 2.05) is 61.5 Å². The van der Waals surface area contributed by atoms with Crippen molar-refractivity contribution in [2.24, 2.45) is 0 Å². The fourth-order valence-electron chi connectivity index (χ4n) is 3.29. The van der Waals surface area contributed by atoms with E-state index in [0.717, 1.165) is 5.56 Å². The van der Waals surface area contributed by atoms with Crippen molar-refractivity contribution in [1.82, 2.24) is 0 Å². The van der Waals surface area contributed by atoms with Crippen molar-refractivity contribution in [2.45, 2.75) is 6.92 Å². The third kappa shape index (κ3) is 4.40. The van der Waals surface area contributed by atoms with E-state index >= 15 is 0 Å². The molecule has 156 valence electrons. The van der Waals surface area contributed by atoms with E-state index in [4.69, 9.17) is 4.74 Å². The van der Waals surface area contributed by atoms with Crippen molar-refractivity contribution < 1.29 is 19.4 Å². The van der Waals surface area contributed by atoms with Crippen LogP contribution in [-0.2, 0) is 9.59 Å². The molecule has 2 amide bonds. The van der Waals surface area contributed by atoms with E-state index in [1.54, 1.807) is 24.3 Å². The van der Waals surface area contributed by atoms with Crippen molar-refractivity contribution >= 4 is 34.8 Å². The monoisotopic (exact) mass is 431 g/mol. The molecule has 1 aliphatic heterocycles. The lowest BCUT2D eigenvalue weighted by Gasteiger charge is -2.16. The van der Waals surface area contributed by atoms with Crippen LogP contribution < -0.4 is 9.64 Å². The van der Waals surface area contributed by atoms with E-state index in [2.05, 4.69) is 0 Å². The minimum Gasteiger partial charge on any atom is -0.457 e. The Morgan fingerprint density at radius 2 is 1.48 bits per heavy atom. The molecule has 3 aromatic carbocycles. The second kappa shape index (κ2) is 9.20. The molecule has 31 heavy (non-hydrogen) atoms. The van der Waals surface area contributed by atoms with Gasteiger partial charge in [-0.15, -0.1) is 11.8 Å². The number of aliphatic hydroxyl groups excluding tert-OH is 1. The van der Waals surface area contributed by atoms with Crippen molar-refractivity contribution in [2.75, 3.05) is 17.3 Å². The van der Waals surface area contributed by atoms with Gasteiger partial charge in [0.1, 0.15) is 11.5 Å². The normalized spacial score (nSPS) is 13.8. The van der Waals surface area contributed by atoms with Gasteiger partial charge in [-0.1, -0.05) is 48.0 Å². The van der Waals surface area contributed by atoms with Crippen LogP contribution in [0, 0.1) is 6.92 Å². The first-order valence-electron chi connectivity index (χ1n) is 9.85. The fraction of sp³-hybridized carbons (Fsp3) is 0.120. The Morgan fingerprint density at radius 1 is 0.839 bits per heavy atom. The molecule has 0 unspecified atom stereocenters. The van der Waals surface area contributed by atoms with Gasteiger partial charge in [0.05, 0.1) is 22.8 Å². The number of rotatable bonds is 7. The average molecular weight is 432 g/mol. The molecule has 0 saturated heterocycles. The lowest BCUT2D eigenvalue weighted by molar-refractivity contribution is -0.119. The first-order valence-corrected chi connectivity index (χ1v) is 10.8. The molecule has 0 aromatic heterocycles. The van der Waals surface area contributed by atoms with Crippen LogP contribution in [-0.4, -0.2) is 29.3 Å². The molecule has 0 aliphatic carbocycles. The Bertz CT molecular complexity index is 1120. The molecule has 1 heterocycles. The number of ether oxygens (including phenoxy) is 1. The van der Waals surface area contributed by atoms with Crippen molar-refractivity contribution in [1.29, 1.82) is 0 Å². The number of aryl methyl sites for hydroxylation is 1. The highest BCUT2D eigenvalue weighted by Gasteiger charge is 2.40. The number of benzene rings is 3. The first kappa shape index (κ1) is 20.9. The number of carbonyl (C=O) groups excluding carboxylic acids is 2. The second-order valence-electron chi connectivity index (χ2n) is 7.00. The number of amides is 2. The maximum atomic E-state index is 13.3. The quantitative estimate of drug-likeness (QED) is 0.545. The van der Waals surface area contributed by atoms with Crippen LogP contribution in [0.5, 0.6) is 11.5 Å². The largest absolute Gasteiger partial charge is 0.457 e. The molecule has 0 bridgehead atoms. The van der Waals surface area contributed by atoms with E-state index in [0.29, 0.717) is 39.0 Å². The van der Waals surface area contributed by atoms with Gasteiger partial charge < -0.3 is 9.84 Å². The number of para-hydroxylation sites is 1. The molecule has 0 saturated carbocycles. The smallest absolute Gasteiger partial charge is 0.272 e. The van der Waals surface area contributed by atoms with Gasteiger partial charge in [-0.25, -0.2) is 4.90 Å². The summed E-state index contributed by atoms with van der Waals surface area (Å²) < 4.78 is 5.79. The zero-order valence-corrected chi connectivity index (χ0v) is 17.8. The van der Waals surface area contributed by atoms with Gasteiger partial charge in [-0.2, -0.15) is 0 Å². The average Bonchev–Trinajstić information content (AvgIpc) is 3.03. The molecule has 5 nitrogen and oxygen atoms in total. The number of imide groups is 1. The first-order chi connectivity index (χ1) is 15.1. The van der Waals surface area contributed by atoms with Crippen molar-refractivity contribution in [3.05, 3.63) is 94.9 Å². The van der Waals surface area contributed by atoms with Crippen LogP contribution in [0.1, 0.15) is 11.1 Å². The molecule has 3 aromatic rings. The number of aliphatic hydroxyl groups is 1. The number of hydrogen-bond acceptors (Lipinski definition) is 5. The summed E-state index contributed by atoms with van der Waals surface area (Å²) in [5.41, 5.74) is 2.60. The molecular formula is C25H21NO4S. The Labute approximate surface area is 185 Å². The summed E-state index contributed by atoms with van der Waals surface area (Å²) in [6.07, 6.45) is 0. The van der Waals surface area contributed by atoms with Gasteiger partial charge >= 0.3 is 0 Å².